The van der Waals surface area contributed by atoms with Crippen LogP contribution in [0, 0.1) is 5.92 Å². The second kappa shape index (κ2) is 9.11. The maximum Gasteiger partial charge on any atom is 0.229 e. The highest BCUT2D eigenvalue weighted by Gasteiger charge is 2.03. The molecule has 2 aromatic rings. The largest absolute Gasteiger partial charge is 0.372 e. The summed E-state index contributed by atoms with van der Waals surface area (Å²) >= 11 is 0. The Morgan fingerprint density at radius 1 is 1.04 bits per heavy atom. The van der Waals surface area contributed by atoms with Crippen LogP contribution in [-0.2, 0) is 0 Å². The minimum Gasteiger partial charge on any atom is -0.372 e. The molecule has 1 aromatic heterocycles. The van der Waals surface area contributed by atoms with E-state index < -0.39 is 0 Å². The monoisotopic (exact) mass is 327 g/mol. The van der Waals surface area contributed by atoms with Gasteiger partial charge in [0.15, 0.2) is 0 Å². The topological polar surface area (TPSA) is 53.1 Å². The lowest BCUT2D eigenvalue weighted by Crippen LogP contribution is -2.21. The van der Waals surface area contributed by atoms with Gasteiger partial charge in [-0.05, 0) is 56.5 Å². The molecule has 130 valence electrons. The van der Waals surface area contributed by atoms with Crippen LogP contribution in [0.2, 0.25) is 0 Å². The molecule has 0 amide bonds. The summed E-state index contributed by atoms with van der Waals surface area (Å²) in [4.78, 5) is 11.1. The fourth-order valence-electron chi connectivity index (χ4n) is 2.48. The van der Waals surface area contributed by atoms with Gasteiger partial charge in [-0.3, -0.25) is 0 Å². The number of hydrogen-bond acceptors (Lipinski definition) is 5. The van der Waals surface area contributed by atoms with Gasteiger partial charge in [0.25, 0.3) is 0 Å². The van der Waals surface area contributed by atoms with Crippen molar-refractivity contribution in [3.05, 3.63) is 36.5 Å². The lowest BCUT2D eigenvalue weighted by molar-refractivity contribution is 0.606. The summed E-state index contributed by atoms with van der Waals surface area (Å²) in [5, 5.41) is 6.61. The summed E-state index contributed by atoms with van der Waals surface area (Å²) < 4.78 is 0. The fraction of sp³-hybridized carbons (Fsp3) is 0.474. The second-order valence-corrected chi connectivity index (χ2v) is 6.22. The summed E-state index contributed by atoms with van der Waals surface area (Å²) in [6, 6.07) is 10.3. The SMILES string of the molecule is CCN(CC)c1ccc(Nc2nccc(NCCC(C)C)n2)cc1. The molecule has 0 radical (unpaired) electrons. The van der Waals surface area contributed by atoms with Crippen LogP contribution in [-0.4, -0.2) is 29.6 Å². The zero-order valence-electron chi connectivity index (χ0n) is 15.2. The van der Waals surface area contributed by atoms with E-state index in [1.807, 2.05) is 6.07 Å². The number of anilines is 4. The molecule has 0 aliphatic heterocycles. The van der Waals surface area contributed by atoms with E-state index in [1.54, 1.807) is 6.20 Å². The van der Waals surface area contributed by atoms with Crippen molar-refractivity contribution in [2.45, 2.75) is 34.1 Å². The number of hydrogen-bond donors (Lipinski definition) is 2. The number of aromatic nitrogens is 2. The van der Waals surface area contributed by atoms with Crippen molar-refractivity contribution in [3.8, 4) is 0 Å². The van der Waals surface area contributed by atoms with E-state index in [-0.39, 0.29) is 0 Å². The van der Waals surface area contributed by atoms with E-state index in [1.165, 1.54) is 5.69 Å². The summed E-state index contributed by atoms with van der Waals surface area (Å²) in [6.45, 7) is 11.7. The summed E-state index contributed by atoms with van der Waals surface area (Å²) in [7, 11) is 0. The number of rotatable bonds is 9. The van der Waals surface area contributed by atoms with Crippen molar-refractivity contribution in [2.24, 2.45) is 5.92 Å². The predicted molar refractivity (Wildman–Crippen MR) is 103 cm³/mol. The zero-order valence-corrected chi connectivity index (χ0v) is 15.2. The van der Waals surface area contributed by atoms with Gasteiger partial charge in [0.05, 0.1) is 0 Å². The molecule has 0 spiro atoms. The maximum absolute atomic E-state index is 4.51. The Hall–Kier alpha value is -2.30. The minimum atomic E-state index is 0.611. The Bertz CT molecular complexity index is 605. The lowest BCUT2D eigenvalue weighted by Gasteiger charge is -2.21. The van der Waals surface area contributed by atoms with Gasteiger partial charge < -0.3 is 15.5 Å². The van der Waals surface area contributed by atoms with E-state index in [2.05, 4.69) is 77.5 Å². The molecule has 0 bridgehead atoms. The molecule has 0 fully saturated rings. The molecule has 5 heteroatoms. The quantitative estimate of drug-likeness (QED) is 0.709. The van der Waals surface area contributed by atoms with Crippen molar-refractivity contribution < 1.29 is 0 Å². The van der Waals surface area contributed by atoms with Crippen LogP contribution >= 0.6 is 0 Å². The highest BCUT2D eigenvalue weighted by Crippen LogP contribution is 2.20. The molecule has 2 N–H and O–H groups in total. The summed E-state index contributed by atoms with van der Waals surface area (Å²) in [6.07, 6.45) is 2.90. The van der Waals surface area contributed by atoms with Gasteiger partial charge in [-0.25, -0.2) is 4.98 Å². The molecule has 0 saturated heterocycles. The Labute approximate surface area is 145 Å². The molecule has 0 saturated carbocycles. The highest BCUT2D eigenvalue weighted by molar-refractivity contribution is 5.59. The van der Waals surface area contributed by atoms with E-state index in [0.29, 0.717) is 11.9 Å². The van der Waals surface area contributed by atoms with Crippen molar-refractivity contribution in [3.63, 3.8) is 0 Å². The molecule has 2 rings (SSSR count). The standard InChI is InChI=1S/C19H29N5/c1-5-24(6-2)17-9-7-16(8-10-17)22-19-21-14-12-18(23-19)20-13-11-15(3)4/h7-10,12,14-15H,5-6,11,13H2,1-4H3,(H2,20,21,22,23). The third-order valence-electron chi connectivity index (χ3n) is 3.94. The van der Waals surface area contributed by atoms with Crippen LogP contribution in [0.5, 0.6) is 0 Å². The molecule has 0 atom stereocenters. The summed E-state index contributed by atoms with van der Waals surface area (Å²) in [5.74, 6) is 2.15. The van der Waals surface area contributed by atoms with Crippen LogP contribution in [0.3, 0.4) is 0 Å². The lowest BCUT2D eigenvalue weighted by atomic mass is 10.1. The normalized spacial score (nSPS) is 10.7. The Morgan fingerprint density at radius 2 is 1.75 bits per heavy atom. The molecule has 0 aliphatic carbocycles. The Kier molecular flexibility index (Phi) is 6.85. The van der Waals surface area contributed by atoms with Crippen LogP contribution in [0.4, 0.5) is 23.1 Å². The van der Waals surface area contributed by atoms with E-state index in [0.717, 1.165) is 37.6 Å². The Morgan fingerprint density at radius 3 is 2.38 bits per heavy atom. The van der Waals surface area contributed by atoms with Gasteiger partial charge >= 0.3 is 0 Å². The zero-order chi connectivity index (χ0) is 17.4. The predicted octanol–water partition coefficient (Wildman–Crippen LogP) is 4.52. The molecule has 1 heterocycles. The average molecular weight is 327 g/mol. The van der Waals surface area contributed by atoms with E-state index in [9.17, 15) is 0 Å². The molecule has 0 aliphatic rings. The Balaban J connectivity index is 1.98. The van der Waals surface area contributed by atoms with Gasteiger partial charge in [-0.1, -0.05) is 13.8 Å². The van der Waals surface area contributed by atoms with Gasteiger partial charge in [0.2, 0.25) is 5.95 Å². The summed E-state index contributed by atoms with van der Waals surface area (Å²) in [5.41, 5.74) is 2.22. The van der Waals surface area contributed by atoms with Crippen molar-refractivity contribution in [1.82, 2.24) is 9.97 Å². The van der Waals surface area contributed by atoms with Gasteiger partial charge in [-0.15, -0.1) is 0 Å². The maximum atomic E-state index is 4.51. The van der Waals surface area contributed by atoms with E-state index >= 15 is 0 Å². The number of benzene rings is 1. The van der Waals surface area contributed by atoms with Crippen LogP contribution < -0.4 is 15.5 Å². The first-order valence-corrected chi connectivity index (χ1v) is 8.81. The third kappa shape index (κ3) is 5.41. The molecule has 1 aromatic carbocycles. The average Bonchev–Trinajstić information content (AvgIpc) is 2.57. The van der Waals surface area contributed by atoms with Gasteiger partial charge in [-0.2, -0.15) is 4.98 Å². The van der Waals surface area contributed by atoms with Crippen molar-refractivity contribution in [2.75, 3.05) is 35.2 Å². The van der Waals surface area contributed by atoms with Gasteiger partial charge in [0, 0.05) is 37.2 Å². The molecule has 5 nitrogen and oxygen atoms in total. The smallest absolute Gasteiger partial charge is 0.229 e. The first-order valence-electron chi connectivity index (χ1n) is 8.81. The number of nitrogens with zero attached hydrogens (tertiary/aromatic N) is 3. The first kappa shape index (κ1) is 18.0. The number of nitrogens with one attached hydrogen (secondary N) is 2. The fourth-order valence-corrected chi connectivity index (χ4v) is 2.48. The minimum absolute atomic E-state index is 0.611. The van der Waals surface area contributed by atoms with Gasteiger partial charge in [0.1, 0.15) is 5.82 Å². The van der Waals surface area contributed by atoms with Crippen molar-refractivity contribution in [1.29, 1.82) is 0 Å². The highest BCUT2D eigenvalue weighted by atomic mass is 15.1. The van der Waals surface area contributed by atoms with Crippen LogP contribution in [0.1, 0.15) is 34.1 Å². The third-order valence-corrected chi connectivity index (χ3v) is 3.94. The molecule has 24 heavy (non-hydrogen) atoms. The molecule has 0 unspecified atom stereocenters. The molecular formula is C19H29N5. The van der Waals surface area contributed by atoms with E-state index in [4.69, 9.17) is 0 Å². The molecular weight excluding hydrogens is 298 g/mol. The van der Waals surface area contributed by atoms with Crippen molar-refractivity contribution >= 4 is 23.1 Å². The van der Waals surface area contributed by atoms with Crippen LogP contribution in [0.25, 0.3) is 0 Å². The second-order valence-electron chi connectivity index (χ2n) is 6.22. The first-order chi connectivity index (χ1) is 11.6. The van der Waals surface area contributed by atoms with Crippen LogP contribution in [0.15, 0.2) is 36.5 Å².